The van der Waals surface area contributed by atoms with Crippen LogP contribution in [0.1, 0.15) is 44.4 Å². The first-order valence-corrected chi connectivity index (χ1v) is 7.07. The average molecular weight is 294 g/mol. The van der Waals surface area contributed by atoms with Crippen molar-refractivity contribution >= 4 is 11.9 Å². The maximum Gasteiger partial charge on any atom is 0.413 e. The summed E-state index contributed by atoms with van der Waals surface area (Å²) in [7, 11) is 0. The normalized spacial score (nSPS) is 18.6. The average Bonchev–Trinajstić information content (AvgIpc) is 2.89. The summed E-state index contributed by atoms with van der Waals surface area (Å²) in [6.07, 6.45) is 0.365. The Hall–Kier alpha value is -1.66. The molecule has 1 aromatic rings. The number of hydrogen-bond acceptors (Lipinski definition) is 5. The van der Waals surface area contributed by atoms with Crippen molar-refractivity contribution in [3.63, 3.8) is 0 Å². The van der Waals surface area contributed by atoms with Crippen LogP contribution >= 0.6 is 0 Å². The number of aliphatic hydroxyl groups excluding tert-OH is 1. The topological polar surface area (TPSA) is 80.7 Å². The van der Waals surface area contributed by atoms with Crippen molar-refractivity contribution in [3.8, 4) is 0 Å². The number of aliphatic hydroxyl groups is 1. The Morgan fingerprint density at radius 2 is 2.29 bits per heavy atom. The second kappa shape index (κ2) is 6.41. The van der Waals surface area contributed by atoms with Gasteiger partial charge in [0.15, 0.2) is 0 Å². The van der Waals surface area contributed by atoms with Crippen LogP contribution in [0.25, 0.3) is 0 Å². The molecule has 1 aliphatic rings. The van der Waals surface area contributed by atoms with E-state index in [4.69, 9.17) is 9.47 Å². The molecule has 1 aliphatic heterocycles. The van der Waals surface area contributed by atoms with Crippen LogP contribution in [0.3, 0.4) is 0 Å². The Morgan fingerprint density at radius 3 is 2.86 bits per heavy atom. The molecular weight excluding hydrogens is 272 g/mol. The summed E-state index contributed by atoms with van der Waals surface area (Å²) < 4.78 is 10.5. The summed E-state index contributed by atoms with van der Waals surface area (Å²) in [5, 5.41) is 12.1. The number of pyridine rings is 1. The van der Waals surface area contributed by atoms with E-state index in [2.05, 4.69) is 10.3 Å². The highest BCUT2D eigenvalue weighted by Crippen LogP contribution is 2.28. The number of nitrogens with zero attached hydrogens (tertiary/aromatic N) is 1. The number of hydrogen-bond donors (Lipinski definition) is 2. The number of ether oxygens (including phenoxy) is 2. The lowest BCUT2D eigenvalue weighted by Crippen LogP contribution is -2.27. The van der Waals surface area contributed by atoms with E-state index in [1.807, 2.05) is 6.07 Å². The first kappa shape index (κ1) is 15.7. The molecule has 1 aromatic heterocycles. The van der Waals surface area contributed by atoms with Gasteiger partial charge < -0.3 is 14.6 Å². The van der Waals surface area contributed by atoms with Gasteiger partial charge in [0, 0.05) is 12.5 Å². The third-order valence-corrected chi connectivity index (χ3v) is 3.16. The van der Waals surface area contributed by atoms with E-state index >= 15 is 0 Å². The molecular formula is C15H22N2O4. The number of aromatic nitrogens is 1. The van der Waals surface area contributed by atoms with Crippen molar-refractivity contribution in [3.05, 3.63) is 23.4 Å². The van der Waals surface area contributed by atoms with Gasteiger partial charge in [-0.1, -0.05) is 6.07 Å². The van der Waals surface area contributed by atoms with Crippen LogP contribution in [0.4, 0.5) is 10.6 Å². The quantitative estimate of drug-likeness (QED) is 0.895. The molecule has 116 valence electrons. The van der Waals surface area contributed by atoms with E-state index in [9.17, 15) is 9.90 Å². The molecule has 1 amide bonds. The first-order valence-electron chi connectivity index (χ1n) is 7.07. The first-order chi connectivity index (χ1) is 9.89. The molecule has 0 saturated carbocycles. The molecule has 0 radical (unpaired) electrons. The van der Waals surface area contributed by atoms with Gasteiger partial charge in [0.25, 0.3) is 0 Å². The molecule has 6 heteroatoms. The van der Waals surface area contributed by atoms with Crippen molar-refractivity contribution in [1.29, 1.82) is 0 Å². The molecule has 21 heavy (non-hydrogen) atoms. The minimum Gasteiger partial charge on any atom is -0.444 e. The number of rotatable bonds is 3. The zero-order valence-electron chi connectivity index (χ0n) is 12.7. The van der Waals surface area contributed by atoms with Crippen molar-refractivity contribution in [2.45, 2.75) is 45.3 Å². The van der Waals surface area contributed by atoms with Gasteiger partial charge in [0.05, 0.1) is 18.9 Å². The molecule has 1 atom stereocenters. The molecule has 1 fully saturated rings. The fraction of sp³-hybridized carbons (Fsp3) is 0.600. The molecule has 6 nitrogen and oxygen atoms in total. The van der Waals surface area contributed by atoms with Crippen LogP contribution in [0, 0.1) is 0 Å². The van der Waals surface area contributed by atoms with Gasteiger partial charge in [-0.2, -0.15) is 0 Å². The fourth-order valence-electron chi connectivity index (χ4n) is 2.27. The zero-order chi connectivity index (χ0) is 15.5. The molecule has 2 heterocycles. The summed E-state index contributed by atoms with van der Waals surface area (Å²) in [5.41, 5.74) is 0.981. The molecule has 0 unspecified atom stereocenters. The van der Waals surface area contributed by atoms with Gasteiger partial charge in [0.1, 0.15) is 11.4 Å². The number of carbonyl (C=O) groups is 1. The van der Waals surface area contributed by atoms with Gasteiger partial charge in [0.2, 0.25) is 0 Å². The van der Waals surface area contributed by atoms with Crippen LogP contribution in [0.15, 0.2) is 12.1 Å². The number of amides is 1. The highest BCUT2D eigenvalue weighted by Gasteiger charge is 2.22. The zero-order valence-corrected chi connectivity index (χ0v) is 12.7. The molecule has 2 rings (SSSR count). The molecule has 0 aromatic carbocycles. The predicted molar refractivity (Wildman–Crippen MR) is 78.2 cm³/mol. The number of carbonyl (C=O) groups excluding carboxylic acids is 1. The Kier molecular flexibility index (Phi) is 4.80. The summed E-state index contributed by atoms with van der Waals surface area (Å²) in [6, 6.07) is 3.60. The predicted octanol–water partition coefficient (Wildman–Crippen LogP) is 2.42. The Morgan fingerprint density at radius 1 is 1.52 bits per heavy atom. The summed E-state index contributed by atoms with van der Waals surface area (Å²) in [5.74, 6) is 0.631. The van der Waals surface area contributed by atoms with Crippen LogP contribution in [-0.2, 0) is 16.1 Å². The maximum absolute atomic E-state index is 11.7. The third-order valence-electron chi connectivity index (χ3n) is 3.16. The molecule has 0 aliphatic carbocycles. The molecule has 0 bridgehead atoms. The minimum atomic E-state index is -0.564. The smallest absolute Gasteiger partial charge is 0.413 e. The largest absolute Gasteiger partial charge is 0.444 e. The third kappa shape index (κ3) is 4.41. The van der Waals surface area contributed by atoms with Gasteiger partial charge in [-0.15, -0.1) is 0 Å². The van der Waals surface area contributed by atoms with E-state index < -0.39 is 11.7 Å². The fourth-order valence-corrected chi connectivity index (χ4v) is 2.27. The van der Waals surface area contributed by atoms with Crippen LogP contribution in [-0.4, -0.2) is 35.0 Å². The highest BCUT2D eigenvalue weighted by atomic mass is 16.6. The van der Waals surface area contributed by atoms with Gasteiger partial charge in [-0.3, -0.25) is 5.32 Å². The van der Waals surface area contributed by atoms with E-state index in [0.717, 1.165) is 18.6 Å². The van der Waals surface area contributed by atoms with Crippen LogP contribution in [0.5, 0.6) is 0 Å². The molecule has 0 spiro atoms. The van der Waals surface area contributed by atoms with E-state index in [1.165, 1.54) is 0 Å². The van der Waals surface area contributed by atoms with Crippen LogP contribution < -0.4 is 5.32 Å². The number of nitrogens with one attached hydrogen (secondary N) is 1. The number of anilines is 1. The second-order valence-electron chi connectivity index (χ2n) is 6.08. The maximum atomic E-state index is 11.7. The van der Waals surface area contributed by atoms with Crippen molar-refractivity contribution in [1.82, 2.24) is 4.98 Å². The standard InChI is InChI=1S/C15H22N2O4/c1-15(2,3)21-14(19)17-13-5-4-11(12(8-18)16-13)10-6-7-20-9-10/h4-5,10,18H,6-9H2,1-3H3,(H,16,17,19)/t10-/m1/s1. The summed E-state index contributed by atoms with van der Waals surface area (Å²) in [4.78, 5) is 16.0. The van der Waals surface area contributed by atoms with Crippen molar-refractivity contribution in [2.75, 3.05) is 18.5 Å². The lowest BCUT2D eigenvalue weighted by molar-refractivity contribution is 0.0635. The van der Waals surface area contributed by atoms with Gasteiger partial charge >= 0.3 is 6.09 Å². The van der Waals surface area contributed by atoms with E-state index in [-0.39, 0.29) is 12.5 Å². The van der Waals surface area contributed by atoms with Crippen molar-refractivity contribution in [2.24, 2.45) is 0 Å². The Balaban J connectivity index is 2.09. The SMILES string of the molecule is CC(C)(C)OC(=O)Nc1ccc([C@@H]2CCOC2)c(CO)n1. The Bertz CT molecular complexity index is 505. The lowest BCUT2D eigenvalue weighted by atomic mass is 9.97. The van der Waals surface area contributed by atoms with Gasteiger partial charge in [-0.25, -0.2) is 9.78 Å². The summed E-state index contributed by atoms with van der Waals surface area (Å²) >= 11 is 0. The minimum absolute atomic E-state index is 0.171. The second-order valence-corrected chi connectivity index (χ2v) is 6.08. The monoisotopic (exact) mass is 294 g/mol. The lowest BCUT2D eigenvalue weighted by Gasteiger charge is -2.20. The summed E-state index contributed by atoms with van der Waals surface area (Å²) in [6.45, 7) is 6.59. The van der Waals surface area contributed by atoms with Gasteiger partial charge in [-0.05, 0) is 38.8 Å². The van der Waals surface area contributed by atoms with E-state index in [0.29, 0.717) is 18.1 Å². The molecule has 1 saturated heterocycles. The van der Waals surface area contributed by atoms with Crippen LogP contribution in [0.2, 0.25) is 0 Å². The van der Waals surface area contributed by atoms with Crippen molar-refractivity contribution < 1.29 is 19.4 Å². The molecule has 2 N–H and O–H groups in total. The Labute approximate surface area is 124 Å². The van der Waals surface area contributed by atoms with E-state index in [1.54, 1.807) is 26.8 Å². The highest BCUT2D eigenvalue weighted by molar-refractivity contribution is 5.83.